The minimum absolute atomic E-state index is 0.497. The number of aryl methyl sites for hydroxylation is 2. The molecule has 1 N–H and O–H groups in total. The Labute approximate surface area is 143 Å². The molecule has 0 radical (unpaired) electrons. The molecule has 1 aliphatic heterocycles. The fourth-order valence-corrected chi connectivity index (χ4v) is 3.60. The average molecular weight is 323 g/mol. The van der Waals surface area contributed by atoms with Crippen LogP contribution in [0.2, 0.25) is 0 Å². The smallest absolute Gasteiger partial charge is 0.311 e. The van der Waals surface area contributed by atoms with E-state index in [1.165, 1.54) is 18.5 Å². The Hall–Kier alpha value is -2.29. The number of nitrogens with zero attached hydrogens (tertiary/aromatic N) is 1. The Morgan fingerprint density at radius 3 is 2.33 bits per heavy atom. The fraction of sp³-hybridized carbons (Fsp3) is 0.381. The van der Waals surface area contributed by atoms with E-state index in [0.717, 1.165) is 35.3 Å². The molecule has 1 unspecified atom stereocenters. The number of anilines is 1. The maximum atomic E-state index is 11.8. The quantitative estimate of drug-likeness (QED) is 0.891. The van der Waals surface area contributed by atoms with Crippen LogP contribution in [0.15, 0.2) is 42.5 Å². The van der Waals surface area contributed by atoms with Crippen molar-refractivity contribution >= 4 is 11.7 Å². The second kappa shape index (κ2) is 7.08. The van der Waals surface area contributed by atoms with E-state index in [9.17, 15) is 9.90 Å². The van der Waals surface area contributed by atoms with Crippen molar-refractivity contribution in [2.45, 2.75) is 39.0 Å². The molecule has 126 valence electrons. The standard InChI is InChI=1S/C21H25NO2/c1-15-5-10-19(16(2)13-15)20(21(23)24)14-17-6-8-18(9-7-17)22-11-3-4-12-22/h5-10,13,20H,3-4,11-12,14H2,1-2H3,(H,23,24). The van der Waals surface area contributed by atoms with Crippen molar-refractivity contribution in [1.29, 1.82) is 0 Å². The molecule has 0 bridgehead atoms. The lowest BCUT2D eigenvalue weighted by Gasteiger charge is -2.19. The molecule has 0 saturated carbocycles. The number of hydrogen-bond donors (Lipinski definition) is 1. The second-order valence-electron chi connectivity index (χ2n) is 6.82. The van der Waals surface area contributed by atoms with Crippen LogP contribution in [0.4, 0.5) is 5.69 Å². The van der Waals surface area contributed by atoms with E-state index in [1.807, 2.05) is 26.0 Å². The van der Waals surface area contributed by atoms with Crippen molar-refractivity contribution in [2.24, 2.45) is 0 Å². The molecule has 0 aliphatic carbocycles. The van der Waals surface area contributed by atoms with Gasteiger partial charge in [0.15, 0.2) is 0 Å². The van der Waals surface area contributed by atoms with Crippen molar-refractivity contribution < 1.29 is 9.90 Å². The van der Waals surface area contributed by atoms with Crippen LogP contribution in [0.3, 0.4) is 0 Å². The van der Waals surface area contributed by atoms with Gasteiger partial charge in [-0.2, -0.15) is 0 Å². The van der Waals surface area contributed by atoms with E-state index < -0.39 is 11.9 Å². The third-order valence-corrected chi connectivity index (χ3v) is 4.95. The summed E-state index contributed by atoms with van der Waals surface area (Å²) in [6.07, 6.45) is 3.05. The summed E-state index contributed by atoms with van der Waals surface area (Å²) in [5.41, 5.74) is 5.45. The lowest BCUT2D eigenvalue weighted by molar-refractivity contribution is -0.138. The molecule has 3 nitrogen and oxygen atoms in total. The van der Waals surface area contributed by atoms with Crippen LogP contribution in [0.25, 0.3) is 0 Å². The summed E-state index contributed by atoms with van der Waals surface area (Å²) >= 11 is 0. The zero-order valence-corrected chi connectivity index (χ0v) is 14.5. The molecule has 3 heteroatoms. The van der Waals surface area contributed by atoms with E-state index in [-0.39, 0.29) is 0 Å². The maximum Gasteiger partial charge on any atom is 0.311 e. The van der Waals surface area contributed by atoms with Crippen molar-refractivity contribution in [2.75, 3.05) is 18.0 Å². The molecular formula is C21H25NO2. The van der Waals surface area contributed by atoms with Gasteiger partial charge in [0.1, 0.15) is 0 Å². The topological polar surface area (TPSA) is 40.5 Å². The first-order valence-electron chi connectivity index (χ1n) is 8.68. The summed E-state index contributed by atoms with van der Waals surface area (Å²) < 4.78 is 0. The highest BCUT2D eigenvalue weighted by atomic mass is 16.4. The Bertz CT molecular complexity index is 715. The Balaban J connectivity index is 1.79. The molecule has 0 aromatic heterocycles. The molecule has 1 heterocycles. The van der Waals surface area contributed by atoms with Crippen molar-refractivity contribution in [3.8, 4) is 0 Å². The van der Waals surface area contributed by atoms with Crippen molar-refractivity contribution in [3.05, 3.63) is 64.7 Å². The van der Waals surface area contributed by atoms with Gasteiger partial charge in [-0.05, 0) is 61.9 Å². The van der Waals surface area contributed by atoms with Gasteiger partial charge in [0, 0.05) is 18.8 Å². The average Bonchev–Trinajstić information content (AvgIpc) is 3.08. The molecule has 1 aliphatic rings. The Morgan fingerprint density at radius 1 is 1.08 bits per heavy atom. The van der Waals surface area contributed by atoms with Gasteiger partial charge >= 0.3 is 5.97 Å². The minimum Gasteiger partial charge on any atom is -0.481 e. The van der Waals surface area contributed by atoms with Crippen LogP contribution >= 0.6 is 0 Å². The summed E-state index contributed by atoms with van der Waals surface area (Å²) in [6.45, 7) is 6.28. The number of carboxylic acids is 1. The summed E-state index contributed by atoms with van der Waals surface area (Å²) in [5.74, 6) is -1.26. The van der Waals surface area contributed by atoms with Crippen LogP contribution in [0.1, 0.15) is 41.0 Å². The van der Waals surface area contributed by atoms with Crippen LogP contribution in [-0.2, 0) is 11.2 Å². The van der Waals surface area contributed by atoms with Gasteiger partial charge in [-0.3, -0.25) is 4.79 Å². The predicted octanol–water partition coefficient (Wildman–Crippen LogP) is 4.31. The van der Waals surface area contributed by atoms with E-state index in [1.54, 1.807) is 0 Å². The molecule has 2 aromatic carbocycles. The van der Waals surface area contributed by atoms with Gasteiger partial charge in [-0.25, -0.2) is 0 Å². The lowest BCUT2D eigenvalue weighted by atomic mass is 9.88. The van der Waals surface area contributed by atoms with Crippen LogP contribution < -0.4 is 4.90 Å². The normalized spacial score (nSPS) is 15.5. The SMILES string of the molecule is Cc1ccc(C(Cc2ccc(N3CCCC3)cc2)C(=O)O)c(C)c1. The lowest BCUT2D eigenvalue weighted by Crippen LogP contribution is -2.18. The third kappa shape index (κ3) is 3.61. The molecular weight excluding hydrogens is 298 g/mol. The first-order chi connectivity index (χ1) is 11.5. The Kier molecular flexibility index (Phi) is 4.89. The summed E-state index contributed by atoms with van der Waals surface area (Å²) in [6, 6.07) is 14.4. The minimum atomic E-state index is -0.759. The largest absolute Gasteiger partial charge is 0.481 e. The Morgan fingerprint density at radius 2 is 1.75 bits per heavy atom. The van der Waals surface area contributed by atoms with Gasteiger partial charge in [0.2, 0.25) is 0 Å². The second-order valence-corrected chi connectivity index (χ2v) is 6.82. The maximum absolute atomic E-state index is 11.8. The highest BCUT2D eigenvalue weighted by molar-refractivity contribution is 5.77. The number of hydrogen-bond acceptors (Lipinski definition) is 2. The van der Waals surface area contributed by atoms with Gasteiger partial charge in [-0.15, -0.1) is 0 Å². The zero-order chi connectivity index (χ0) is 17.1. The number of aliphatic carboxylic acids is 1. The number of carboxylic acid groups (broad SMARTS) is 1. The predicted molar refractivity (Wildman–Crippen MR) is 97.9 cm³/mol. The van der Waals surface area contributed by atoms with Gasteiger partial charge < -0.3 is 10.0 Å². The molecule has 1 saturated heterocycles. The van der Waals surface area contributed by atoms with Gasteiger partial charge in [0.25, 0.3) is 0 Å². The fourth-order valence-electron chi connectivity index (χ4n) is 3.60. The van der Waals surface area contributed by atoms with Crippen molar-refractivity contribution in [1.82, 2.24) is 0 Å². The summed E-state index contributed by atoms with van der Waals surface area (Å²) in [7, 11) is 0. The monoisotopic (exact) mass is 323 g/mol. The van der Waals surface area contributed by atoms with Crippen LogP contribution in [-0.4, -0.2) is 24.2 Å². The number of benzene rings is 2. The highest BCUT2D eigenvalue weighted by Gasteiger charge is 2.22. The van der Waals surface area contributed by atoms with Crippen molar-refractivity contribution in [3.63, 3.8) is 0 Å². The van der Waals surface area contributed by atoms with E-state index in [4.69, 9.17) is 0 Å². The van der Waals surface area contributed by atoms with Gasteiger partial charge in [-0.1, -0.05) is 35.9 Å². The van der Waals surface area contributed by atoms with E-state index >= 15 is 0 Å². The van der Waals surface area contributed by atoms with E-state index in [0.29, 0.717) is 6.42 Å². The molecule has 0 spiro atoms. The number of carbonyl (C=O) groups is 1. The number of rotatable bonds is 5. The molecule has 24 heavy (non-hydrogen) atoms. The first kappa shape index (κ1) is 16.6. The van der Waals surface area contributed by atoms with Crippen LogP contribution in [0.5, 0.6) is 0 Å². The molecule has 0 amide bonds. The first-order valence-corrected chi connectivity index (χ1v) is 8.68. The molecule has 3 rings (SSSR count). The molecule has 1 fully saturated rings. The molecule has 1 atom stereocenters. The zero-order valence-electron chi connectivity index (χ0n) is 14.5. The summed E-state index contributed by atoms with van der Waals surface area (Å²) in [4.78, 5) is 14.2. The summed E-state index contributed by atoms with van der Waals surface area (Å²) in [5, 5.41) is 9.70. The highest BCUT2D eigenvalue weighted by Crippen LogP contribution is 2.27. The van der Waals surface area contributed by atoms with E-state index in [2.05, 4.69) is 35.2 Å². The van der Waals surface area contributed by atoms with Gasteiger partial charge in [0.05, 0.1) is 5.92 Å². The van der Waals surface area contributed by atoms with Crippen LogP contribution in [0, 0.1) is 13.8 Å². The third-order valence-electron chi connectivity index (χ3n) is 4.95. The molecule has 2 aromatic rings.